The molecule has 0 amide bonds. The molecule has 5 nitrogen and oxygen atoms in total. The zero-order chi connectivity index (χ0) is 11.5. The number of anilines is 1. The summed E-state index contributed by atoms with van der Waals surface area (Å²) in [5.74, 6) is 1.62. The Morgan fingerprint density at radius 2 is 2.00 bits per heavy atom. The van der Waals surface area contributed by atoms with Crippen LogP contribution in [0, 0.1) is 5.92 Å². The van der Waals surface area contributed by atoms with E-state index >= 15 is 0 Å². The predicted molar refractivity (Wildman–Crippen MR) is 66.7 cm³/mol. The molecular weight excluding hydrogens is 214 g/mol. The molecule has 0 spiro atoms. The molecule has 17 heavy (non-hydrogen) atoms. The van der Waals surface area contributed by atoms with Crippen molar-refractivity contribution in [2.75, 3.05) is 11.9 Å². The molecule has 1 fully saturated rings. The lowest BCUT2D eigenvalue weighted by molar-refractivity contribution is 0.373. The molecular formula is C12H17N5. The van der Waals surface area contributed by atoms with Crippen LogP contribution in [0.5, 0.6) is 0 Å². The zero-order valence-electron chi connectivity index (χ0n) is 9.82. The van der Waals surface area contributed by atoms with Crippen LogP contribution in [-0.4, -0.2) is 26.7 Å². The van der Waals surface area contributed by atoms with Crippen LogP contribution < -0.4 is 5.32 Å². The molecule has 0 aliphatic heterocycles. The summed E-state index contributed by atoms with van der Waals surface area (Å²) in [4.78, 5) is 8.46. The lowest BCUT2D eigenvalue weighted by atomic mass is 9.89. The number of H-pyrrole nitrogens is 1. The third-order valence-electron chi connectivity index (χ3n) is 3.48. The summed E-state index contributed by atoms with van der Waals surface area (Å²) < 4.78 is 0. The van der Waals surface area contributed by atoms with E-state index in [9.17, 15) is 0 Å². The average Bonchev–Trinajstić information content (AvgIpc) is 2.81. The first-order chi connectivity index (χ1) is 8.43. The second kappa shape index (κ2) is 4.69. The van der Waals surface area contributed by atoms with E-state index in [0.29, 0.717) is 0 Å². The van der Waals surface area contributed by atoms with E-state index in [0.717, 1.165) is 29.4 Å². The number of aromatic nitrogens is 4. The quantitative estimate of drug-likeness (QED) is 0.851. The monoisotopic (exact) mass is 231 g/mol. The summed E-state index contributed by atoms with van der Waals surface area (Å²) in [5.41, 5.74) is 1.59. The molecule has 0 saturated heterocycles. The summed E-state index contributed by atoms with van der Waals surface area (Å²) in [6, 6.07) is 0. The normalized spacial score (nSPS) is 17.4. The van der Waals surface area contributed by atoms with E-state index < -0.39 is 0 Å². The second-order valence-electron chi connectivity index (χ2n) is 4.71. The molecule has 3 rings (SSSR count). The first-order valence-electron chi connectivity index (χ1n) is 6.32. The van der Waals surface area contributed by atoms with Crippen LogP contribution in [0.25, 0.3) is 11.2 Å². The highest BCUT2D eigenvalue weighted by molar-refractivity contribution is 5.82. The Kier molecular flexibility index (Phi) is 2.90. The minimum atomic E-state index is 0.749. The summed E-state index contributed by atoms with van der Waals surface area (Å²) >= 11 is 0. The Labute approximate surface area is 100 Å². The predicted octanol–water partition coefficient (Wildman–Crippen LogP) is 2.35. The number of aromatic amines is 1. The van der Waals surface area contributed by atoms with Crippen molar-refractivity contribution < 1.29 is 0 Å². The van der Waals surface area contributed by atoms with Crippen molar-refractivity contribution in [1.82, 2.24) is 20.2 Å². The molecule has 2 aromatic rings. The number of fused-ring (bicyclic) bond motifs is 1. The summed E-state index contributed by atoms with van der Waals surface area (Å²) in [6.07, 6.45) is 10.2. The molecule has 0 atom stereocenters. The molecule has 1 aliphatic rings. The van der Waals surface area contributed by atoms with Crippen molar-refractivity contribution in [3.63, 3.8) is 0 Å². The molecule has 0 bridgehead atoms. The molecule has 2 N–H and O–H groups in total. The maximum Gasteiger partial charge on any atom is 0.176 e. The Bertz CT molecular complexity index is 486. The molecule has 0 unspecified atom stereocenters. The van der Waals surface area contributed by atoms with Crippen LogP contribution in [-0.2, 0) is 0 Å². The Morgan fingerprint density at radius 3 is 2.88 bits per heavy atom. The first kappa shape index (κ1) is 10.5. The van der Waals surface area contributed by atoms with Crippen LogP contribution in [0.15, 0.2) is 12.4 Å². The lowest BCUT2D eigenvalue weighted by Gasteiger charge is -2.21. The van der Waals surface area contributed by atoms with Gasteiger partial charge in [0.05, 0.1) is 0 Å². The summed E-state index contributed by atoms with van der Waals surface area (Å²) in [7, 11) is 0. The van der Waals surface area contributed by atoms with Gasteiger partial charge in [-0.15, -0.1) is 0 Å². The number of hydrogen-bond donors (Lipinski definition) is 2. The number of nitrogens with zero attached hydrogens (tertiary/aromatic N) is 3. The van der Waals surface area contributed by atoms with Gasteiger partial charge in [0.25, 0.3) is 0 Å². The highest BCUT2D eigenvalue weighted by Gasteiger charge is 2.14. The van der Waals surface area contributed by atoms with E-state index in [2.05, 4.69) is 25.5 Å². The topological polar surface area (TPSA) is 66.5 Å². The maximum atomic E-state index is 4.29. The van der Waals surface area contributed by atoms with E-state index in [-0.39, 0.29) is 0 Å². The van der Waals surface area contributed by atoms with Crippen molar-refractivity contribution >= 4 is 17.0 Å². The van der Waals surface area contributed by atoms with Gasteiger partial charge in [-0.1, -0.05) is 19.3 Å². The maximum absolute atomic E-state index is 4.29. The average molecular weight is 231 g/mol. The van der Waals surface area contributed by atoms with Crippen molar-refractivity contribution in [2.45, 2.75) is 32.1 Å². The fourth-order valence-corrected chi connectivity index (χ4v) is 2.51. The van der Waals surface area contributed by atoms with Crippen LogP contribution >= 0.6 is 0 Å². The zero-order valence-corrected chi connectivity index (χ0v) is 9.82. The summed E-state index contributed by atoms with van der Waals surface area (Å²) in [5, 5.41) is 10.5. The van der Waals surface area contributed by atoms with Crippen LogP contribution in [0.2, 0.25) is 0 Å². The van der Waals surface area contributed by atoms with Gasteiger partial charge in [-0.3, -0.25) is 5.10 Å². The Morgan fingerprint density at radius 1 is 1.18 bits per heavy atom. The molecule has 1 saturated carbocycles. The molecule has 5 heteroatoms. The minimum Gasteiger partial charge on any atom is -0.366 e. The first-order valence-corrected chi connectivity index (χ1v) is 6.32. The molecule has 2 heterocycles. The Balaban J connectivity index is 1.68. The van der Waals surface area contributed by atoms with Gasteiger partial charge in [-0.2, -0.15) is 5.10 Å². The smallest absolute Gasteiger partial charge is 0.176 e. The fraction of sp³-hybridized carbons (Fsp3) is 0.583. The van der Waals surface area contributed by atoms with E-state index in [1.54, 1.807) is 12.4 Å². The van der Waals surface area contributed by atoms with Crippen molar-refractivity contribution in [2.24, 2.45) is 5.92 Å². The second-order valence-corrected chi connectivity index (χ2v) is 4.71. The number of hydrogen-bond acceptors (Lipinski definition) is 4. The van der Waals surface area contributed by atoms with Gasteiger partial charge < -0.3 is 5.32 Å². The van der Waals surface area contributed by atoms with Crippen molar-refractivity contribution in [1.29, 1.82) is 0 Å². The minimum absolute atomic E-state index is 0.749. The highest BCUT2D eigenvalue weighted by atomic mass is 15.2. The standard InChI is InChI=1S/C12H17N5/c1-2-4-9(5-3-1)8-15-12-10-11(16-17-12)14-7-6-13-10/h6-7,9H,1-5,8H2,(H2,14,15,16,17). The molecule has 0 radical (unpaired) electrons. The largest absolute Gasteiger partial charge is 0.366 e. The Hall–Kier alpha value is -1.65. The molecule has 2 aromatic heterocycles. The highest BCUT2D eigenvalue weighted by Crippen LogP contribution is 2.24. The van der Waals surface area contributed by atoms with Gasteiger partial charge in [0.1, 0.15) is 0 Å². The number of nitrogens with one attached hydrogen (secondary N) is 2. The third kappa shape index (κ3) is 2.23. The van der Waals surface area contributed by atoms with Gasteiger partial charge in [-0.25, -0.2) is 9.97 Å². The van der Waals surface area contributed by atoms with Gasteiger partial charge >= 0.3 is 0 Å². The number of rotatable bonds is 3. The van der Waals surface area contributed by atoms with E-state index in [1.807, 2.05) is 0 Å². The molecule has 90 valence electrons. The SMILES string of the molecule is c1cnc2c(NCC3CCCCC3)n[nH]c2n1. The van der Waals surface area contributed by atoms with Crippen molar-refractivity contribution in [3.05, 3.63) is 12.4 Å². The van der Waals surface area contributed by atoms with Gasteiger partial charge in [0.2, 0.25) is 0 Å². The molecule has 0 aromatic carbocycles. The van der Waals surface area contributed by atoms with Crippen LogP contribution in [0.4, 0.5) is 5.82 Å². The van der Waals surface area contributed by atoms with Crippen LogP contribution in [0.1, 0.15) is 32.1 Å². The third-order valence-corrected chi connectivity index (χ3v) is 3.48. The van der Waals surface area contributed by atoms with Gasteiger partial charge in [0.15, 0.2) is 17.0 Å². The fourth-order valence-electron chi connectivity index (χ4n) is 2.51. The van der Waals surface area contributed by atoms with E-state index in [4.69, 9.17) is 0 Å². The summed E-state index contributed by atoms with van der Waals surface area (Å²) in [6.45, 7) is 0.997. The van der Waals surface area contributed by atoms with Gasteiger partial charge in [-0.05, 0) is 18.8 Å². The van der Waals surface area contributed by atoms with Crippen LogP contribution in [0.3, 0.4) is 0 Å². The van der Waals surface area contributed by atoms with E-state index in [1.165, 1.54) is 32.1 Å². The lowest BCUT2D eigenvalue weighted by Crippen LogP contribution is -2.17. The van der Waals surface area contributed by atoms with Crippen molar-refractivity contribution in [3.8, 4) is 0 Å². The van der Waals surface area contributed by atoms with Gasteiger partial charge in [0, 0.05) is 18.9 Å². The molecule has 1 aliphatic carbocycles.